The Morgan fingerprint density at radius 1 is 0.968 bits per heavy atom. The number of halogens is 3. The Kier molecular flexibility index (Phi) is 5.33. The maximum absolute atomic E-state index is 13.5. The van der Waals surface area contributed by atoms with Crippen molar-refractivity contribution in [3.05, 3.63) is 90.1 Å². The second-order valence-corrected chi connectivity index (χ2v) is 6.80. The molecule has 3 aromatic carbocycles. The van der Waals surface area contributed by atoms with E-state index in [0.717, 1.165) is 6.07 Å². The summed E-state index contributed by atoms with van der Waals surface area (Å²) >= 11 is 0. The van der Waals surface area contributed by atoms with E-state index >= 15 is 0 Å². The number of rotatable bonds is 4. The number of para-hydroxylation sites is 1. The molecule has 31 heavy (non-hydrogen) atoms. The lowest BCUT2D eigenvalue weighted by molar-refractivity contribution is -0.136. The number of methoxy groups -OCH3 is 1. The van der Waals surface area contributed by atoms with Gasteiger partial charge in [0.2, 0.25) is 0 Å². The van der Waals surface area contributed by atoms with Gasteiger partial charge in [0.15, 0.2) is 0 Å². The first-order valence-electron chi connectivity index (χ1n) is 9.38. The Morgan fingerprint density at radius 2 is 1.71 bits per heavy atom. The fraction of sp³-hybridized carbons (Fsp3) is 0.0833. The molecule has 0 aliphatic rings. The van der Waals surface area contributed by atoms with Crippen LogP contribution >= 0.6 is 0 Å². The van der Waals surface area contributed by atoms with E-state index in [1.54, 1.807) is 60.7 Å². The molecule has 0 radical (unpaired) electrons. The zero-order valence-corrected chi connectivity index (χ0v) is 16.4. The largest absolute Gasteiger partial charge is 0.497 e. The minimum Gasteiger partial charge on any atom is -0.497 e. The third-order valence-corrected chi connectivity index (χ3v) is 4.84. The Balaban J connectivity index is 1.90. The van der Waals surface area contributed by atoms with Crippen LogP contribution in [0.3, 0.4) is 0 Å². The van der Waals surface area contributed by atoms with Gasteiger partial charge in [-0.25, -0.2) is 0 Å². The number of ether oxygens (including phenoxy) is 1. The summed E-state index contributed by atoms with van der Waals surface area (Å²) in [7, 11) is 1.51. The van der Waals surface area contributed by atoms with Crippen LogP contribution in [0.15, 0.2) is 79.0 Å². The summed E-state index contributed by atoms with van der Waals surface area (Å²) < 4.78 is 45.8. The number of hydrogen-bond donors (Lipinski definition) is 1. The Morgan fingerprint density at radius 3 is 2.42 bits per heavy atom. The Bertz CT molecular complexity index is 1250. The summed E-state index contributed by atoms with van der Waals surface area (Å²) in [6, 6.07) is 19.5. The molecule has 4 aromatic rings. The smallest absolute Gasteiger partial charge is 0.418 e. The SMILES string of the molecule is COc1cccc(NC(=O)c2cnc3c(C(F)(F)F)cccc3c2-c2ccccc2)c1. The molecule has 0 atom stereocenters. The highest BCUT2D eigenvalue weighted by molar-refractivity contribution is 6.13. The topological polar surface area (TPSA) is 51.2 Å². The van der Waals surface area contributed by atoms with Gasteiger partial charge in [0.05, 0.1) is 23.8 Å². The van der Waals surface area contributed by atoms with Crippen molar-refractivity contribution in [2.75, 3.05) is 12.4 Å². The summed E-state index contributed by atoms with van der Waals surface area (Å²) in [4.78, 5) is 17.1. The van der Waals surface area contributed by atoms with Crippen molar-refractivity contribution in [1.29, 1.82) is 0 Å². The van der Waals surface area contributed by atoms with Crippen LogP contribution < -0.4 is 10.1 Å². The maximum atomic E-state index is 13.5. The van der Waals surface area contributed by atoms with Gasteiger partial charge in [-0.05, 0) is 23.8 Å². The predicted molar refractivity (Wildman–Crippen MR) is 113 cm³/mol. The lowest BCUT2D eigenvalue weighted by Gasteiger charge is -2.16. The first-order chi connectivity index (χ1) is 14.9. The number of benzene rings is 3. The molecule has 1 N–H and O–H groups in total. The van der Waals surface area contributed by atoms with E-state index in [1.807, 2.05) is 0 Å². The third-order valence-electron chi connectivity index (χ3n) is 4.84. The zero-order chi connectivity index (χ0) is 22.0. The molecular weight excluding hydrogens is 405 g/mol. The predicted octanol–water partition coefficient (Wildman–Crippen LogP) is 6.18. The molecule has 0 bridgehead atoms. The molecule has 0 saturated heterocycles. The van der Waals surface area contributed by atoms with Crippen LogP contribution in [0.5, 0.6) is 5.75 Å². The number of nitrogens with zero attached hydrogens (tertiary/aromatic N) is 1. The number of anilines is 1. The number of alkyl halides is 3. The van der Waals surface area contributed by atoms with Crippen LogP contribution in [-0.2, 0) is 6.18 Å². The van der Waals surface area contributed by atoms with Crippen LogP contribution in [0.1, 0.15) is 15.9 Å². The molecule has 1 aromatic heterocycles. The minimum absolute atomic E-state index is 0.167. The Labute approximate surface area is 176 Å². The van der Waals surface area contributed by atoms with Crippen LogP contribution in [0.2, 0.25) is 0 Å². The molecule has 0 aliphatic heterocycles. The molecular formula is C24H17F3N2O2. The lowest BCUT2D eigenvalue weighted by Crippen LogP contribution is -2.15. The average molecular weight is 422 g/mol. The van der Waals surface area contributed by atoms with Crippen LogP contribution in [0, 0.1) is 0 Å². The van der Waals surface area contributed by atoms with Gasteiger partial charge < -0.3 is 10.1 Å². The van der Waals surface area contributed by atoms with Crippen LogP contribution in [-0.4, -0.2) is 18.0 Å². The highest BCUT2D eigenvalue weighted by Crippen LogP contribution is 2.38. The van der Waals surface area contributed by atoms with Crippen LogP contribution in [0.25, 0.3) is 22.0 Å². The zero-order valence-electron chi connectivity index (χ0n) is 16.4. The standard InChI is InChI=1S/C24H17F3N2O2/c1-31-17-10-5-9-16(13-17)29-23(30)19-14-28-22-18(11-6-12-20(22)24(25,26)27)21(19)15-7-3-2-4-8-15/h2-14H,1H3,(H,29,30). The van der Waals surface area contributed by atoms with E-state index < -0.39 is 17.6 Å². The minimum atomic E-state index is -4.56. The number of carbonyl (C=O) groups excluding carboxylic acids is 1. The number of amides is 1. The average Bonchev–Trinajstić information content (AvgIpc) is 2.77. The van der Waals surface area contributed by atoms with E-state index in [9.17, 15) is 18.0 Å². The molecule has 0 spiro atoms. The Hall–Kier alpha value is -3.87. The summed E-state index contributed by atoms with van der Waals surface area (Å²) in [6.45, 7) is 0. The molecule has 1 heterocycles. The number of fused-ring (bicyclic) bond motifs is 1. The summed E-state index contributed by atoms with van der Waals surface area (Å²) in [5, 5.41) is 3.02. The second kappa shape index (κ2) is 8.10. The number of carbonyl (C=O) groups is 1. The van der Waals surface area contributed by atoms with Gasteiger partial charge in [-0.3, -0.25) is 9.78 Å². The van der Waals surface area contributed by atoms with Crippen molar-refractivity contribution in [2.45, 2.75) is 6.18 Å². The van der Waals surface area contributed by atoms with Crippen molar-refractivity contribution in [3.63, 3.8) is 0 Å². The number of aromatic nitrogens is 1. The van der Waals surface area contributed by atoms with E-state index in [4.69, 9.17) is 4.74 Å². The van der Waals surface area contributed by atoms with Gasteiger partial charge in [-0.15, -0.1) is 0 Å². The normalized spacial score (nSPS) is 11.4. The number of pyridine rings is 1. The molecule has 0 aliphatic carbocycles. The molecule has 7 heteroatoms. The molecule has 156 valence electrons. The van der Waals surface area contributed by atoms with E-state index in [-0.39, 0.29) is 16.5 Å². The number of nitrogens with one attached hydrogen (secondary N) is 1. The molecule has 1 amide bonds. The molecule has 0 unspecified atom stereocenters. The summed E-state index contributed by atoms with van der Waals surface area (Å²) in [5.41, 5.74) is 0.615. The first kappa shape index (κ1) is 20.4. The van der Waals surface area contributed by atoms with Crippen molar-refractivity contribution in [3.8, 4) is 16.9 Å². The van der Waals surface area contributed by atoms with Gasteiger partial charge >= 0.3 is 6.18 Å². The van der Waals surface area contributed by atoms with Gasteiger partial charge in [-0.1, -0.05) is 48.5 Å². The molecule has 4 nitrogen and oxygen atoms in total. The van der Waals surface area contributed by atoms with E-state index in [1.165, 1.54) is 19.4 Å². The fourth-order valence-corrected chi connectivity index (χ4v) is 3.44. The first-order valence-corrected chi connectivity index (χ1v) is 9.38. The van der Waals surface area contributed by atoms with Gasteiger partial charge in [-0.2, -0.15) is 13.2 Å². The van der Waals surface area contributed by atoms with Crippen molar-refractivity contribution in [1.82, 2.24) is 4.98 Å². The van der Waals surface area contributed by atoms with Crippen molar-refractivity contribution >= 4 is 22.5 Å². The molecule has 4 rings (SSSR count). The van der Waals surface area contributed by atoms with E-state index in [2.05, 4.69) is 10.3 Å². The number of hydrogen-bond acceptors (Lipinski definition) is 3. The monoisotopic (exact) mass is 422 g/mol. The van der Waals surface area contributed by atoms with Crippen LogP contribution in [0.4, 0.5) is 18.9 Å². The van der Waals surface area contributed by atoms with Gasteiger partial charge in [0, 0.05) is 28.9 Å². The molecule has 0 fully saturated rings. The van der Waals surface area contributed by atoms with Crippen molar-refractivity contribution in [2.24, 2.45) is 0 Å². The van der Waals surface area contributed by atoms with Crippen molar-refractivity contribution < 1.29 is 22.7 Å². The van der Waals surface area contributed by atoms with E-state index in [0.29, 0.717) is 22.6 Å². The van der Waals surface area contributed by atoms with Gasteiger partial charge in [0.25, 0.3) is 5.91 Å². The molecule has 0 saturated carbocycles. The maximum Gasteiger partial charge on any atom is 0.418 e. The second-order valence-electron chi connectivity index (χ2n) is 6.80. The lowest BCUT2D eigenvalue weighted by atomic mass is 9.94. The fourth-order valence-electron chi connectivity index (χ4n) is 3.44. The highest BCUT2D eigenvalue weighted by Gasteiger charge is 2.34. The third kappa shape index (κ3) is 4.07. The summed E-state index contributed by atoms with van der Waals surface area (Å²) in [6.07, 6.45) is -3.37. The summed E-state index contributed by atoms with van der Waals surface area (Å²) in [5.74, 6) is 0.0754. The quantitative estimate of drug-likeness (QED) is 0.427. The van der Waals surface area contributed by atoms with Gasteiger partial charge in [0.1, 0.15) is 5.75 Å². The highest BCUT2D eigenvalue weighted by atomic mass is 19.4.